The Morgan fingerprint density at radius 1 is 0.394 bits per heavy atom. The van der Waals surface area contributed by atoms with Crippen molar-refractivity contribution in [3.05, 3.63) is 121 Å². The van der Waals surface area contributed by atoms with E-state index in [4.69, 9.17) is 0 Å². The lowest BCUT2D eigenvalue weighted by atomic mass is 10.1. The third-order valence-corrected chi connectivity index (χ3v) is 13.5. The highest BCUT2D eigenvalue weighted by molar-refractivity contribution is 7.86. The predicted molar refractivity (Wildman–Crippen MR) is 239 cm³/mol. The summed E-state index contributed by atoms with van der Waals surface area (Å²) in [6.07, 6.45) is 0. The lowest BCUT2D eigenvalue weighted by Gasteiger charge is -2.13. The van der Waals surface area contributed by atoms with E-state index >= 15 is 0 Å². The molecule has 21 nitrogen and oxygen atoms in total. The van der Waals surface area contributed by atoms with Gasteiger partial charge in [-0.05, 0) is 71.4 Å². The third-order valence-electron chi connectivity index (χ3n) is 9.97. The highest BCUT2D eigenvalue weighted by atomic mass is 32.2. The third kappa shape index (κ3) is 8.82. The van der Waals surface area contributed by atoms with E-state index in [1.807, 2.05) is 0 Å². The molecule has 0 saturated heterocycles. The second-order valence-electron chi connectivity index (χ2n) is 14.2. The Kier molecular flexibility index (Phi) is 11.3. The van der Waals surface area contributed by atoms with E-state index in [0.717, 1.165) is 24.3 Å². The van der Waals surface area contributed by atoms with Gasteiger partial charge >= 0.3 is 6.03 Å². The van der Waals surface area contributed by atoms with Crippen LogP contribution >= 0.6 is 0 Å². The van der Waals surface area contributed by atoms with Crippen molar-refractivity contribution in [2.45, 2.75) is 19.6 Å². The van der Waals surface area contributed by atoms with Gasteiger partial charge in [-0.1, -0.05) is 60.7 Å². The van der Waals surface area contributed by atoms with Crippen molar-refractivity contribution in [3.8, 4) is 11.5 Å². The molecule has 0 aromatic heterocycles. The summed E-state index contributed by atoms with van der Waals surface area (Å²) in [5, 5.41) is 44.0. The van der Waals surface area contributed by atoms with Gasteiger partial charge in [0, 0.05) is 43.7 Å². The van der Waals surface area contributed by atoms with Crippen LogP contribution in [0.15, 0.2) is 161 Å². The van der Waals surface area contributed by atoms with Crippen LogP contribution in [0.4, 0.5) is 38.9 Å². The van der Waals surface area contributed by atoms with Crippen molar-refractivity contribution in [1.82, 2.24) is 0 Å². The number of phenols is 2. The van der Waals surface area contributed by atoms with Crippen LogP contribution in [0.25, 0.3) is 43.1 Å². The normalized spacial score (nSPS) is 12.8. The number of aromatic hydroxyl groups is 2. The molecule has 0 spiro atoms. The number of fused-ring (bicyclic) bond motifs is 4. The summed E-state index contributed by atoms with van der Waals surface area (Å²) in [5.41, 5.74) is -1.38. The predicted octanol–water partition coefficient (Wildman–Crippen LogP) is 9.17. The van der Waals surface area contributed by atoms with Crippen molar-refractivity contribution in [2.75, 3.05) is 10.6 Å². The van der Waals surface area contributed by atoms with E-state index in [1.54, 1.807) is 0 Å². The van der Waals surface area contributed by atoms with Gasteiger partial charge < -0.3 is 20.8 Å². The van der Waals surface area contributed by atoms with E-state index in [1.165, 1.54) is 97.1 Å². The summed E-state index contributed by atoms with van der Waals surface area (Å²) >= 11 is 0. The Bertz CT molecular complexity index is 3690. The summed E-state index contributed by atoms with van der Waals surface area (Å²) in [5.74, 6) is -1.59. The van der Waals surface area contributed by atoms with E-state index in [-0.39, 0.29) is 65.8 Å². The molecule has 0 heterocycles. The monoisotopic (exact) mass is 972 g/mol. The number of nitrogens with one attached hydrogen (secondary N) is 2. The van der Waals surface area contributed by atoms with Gasteiger partial charge in [0.05, 0.1) is 11.4 Å². The van der Waals surface area contributed by atoms with Gasteiger partial charge in [-0.15, -0.1) is 20.5 Å². The number of hydrogen-bond acceptors (Lipinski definition) is 15. The number of nitrogens with zero attached hydrogens (tertiary/aromatic N) is 4. The average molecular weight is 973 g/mol. The maximum absolute atomic E-state index is 13.3. The molecule has 66 heavy (non-hydrogen) atoms. The molecule has 0 fully saturated rings. The van der Waals surface area contributed by atoms with E-state index < -0.39 is 89.0 Å². The Hall–Kier alpha value is -7.49. The number of phenolic OH excluding ortho intramolecular Hbond substituents is 2. The first-order valence-corrected chi connectivity index (χ1v) is 24.2. The quantitative estimate of drug-likeness (QED) is 0.0467. The topological polar surface area (TPSA) is 349 Å². The first-order chi connectivity index (χ1) is 31.0. The maximum atomic E-state index is 13.3. The Morgan fingerprint density at radius 2 is 0.742 bits per heavy atom. The van der Waals surface area contributed by atoms with E-state index in [9.17, 15) is 66.9 Å². The van der Waals surface area contributed by atoms with Crippen molar-refractivity contribution >= 4 is 124 Å². The highest BCUT2D eigenvalue weighted by Gasteiger charge is 2.25. The standard InChI is InChI=1S/C41H28N6O15S4/c48-39-29-19-23(15-13-21(29)17-35(65(57,58)59)37(39)46-44-31-9-1-7-27-25(31)5-3-11-33(27)63(51,52)53)42-41(50)43-24-16-14-22-18-36(66(60,61)62)38(40(49)30(22)20-24)47-45-32-10-2-8-28-26(32)6-4-12-34(28)64(54,55)56/h1-20,48-49H,(H2,42,43,50)(H,51,52,53)(H,54,55,56)(H,57,58,59)(H,60,61,62). The molecule has 0 saturated carbocycles. The fourth-order valence-corrected chi connectivity index (χ4v) is 9.81. The van der Waals surface area contributed by atoms with Gasteiger partial charge in [0.2, 0.25) is 0 Å². The molecule has 25 heteroatoms. The first kappa shape index (κ1) is 45.1. The Morgan fingerprint density at radius 3 is 1.11 bits per heavy atom. The molecule has 2 amide bonds. The molecule has 0 bridgehead atoms. The van der Waals surface area contributed by atoms with Crippen LogP contribution in [0.1, 0.15) is 0 Å². The number of carbonyl (C=O) groups excluding carboxylic acids is 1. The first-order valence-electron chi connectivity index (χ1n) is 18.4. The summed E-state index contributed by atoms with van der Waals surface area (Å²) < 4.78 is 137. The number of benzene rings is 8. The van der Waals surface area contributed by atoms with Gasteiger partial charge in [0.15, 0.2) is 11.5 Å². The SMILES string of the molecule is O=C(Nc1ccc2cc(S(=O)(=O)O)c(N=Nc3cccc4c(S(=O)(=O)O)cccc34)c(O)c2c1)Nc1ccc2cc(S(=O)(=O)O)c(N=Nc3cccc4c(S(=O)(=O)O)cccc34)c(O)c2c1. The lowest BCUT2D eigenvalue weighted by Crippen LogP contribution is -2.19. The minimum absolute atomic E-state index is 0.00700. The number of rotatable bonds is 10. The van der Waals surface area contributed by atoms with Crippen LogP contribution in [0.3, 0.4) is 0 Å². The minimum Gasteiger partial charge on any atom is -0.505 e. The molecule has 0 radical (unpaired) electrons. The van der Waals surface area contributed by atoms with Crippen molar-refractivity contribution in [1.29, 1.82) is 0 Å². The average Bonchev–Trinajstić information content (AvgIpc) is 3.24. The van der Waals surface area contributed by atoms with Crippen LogP contribution in [-0.4, -0.2) is 68.1 Å². The van der Waals surface area contributed by atoms with Crippen molar-refractivity contribution < 1.29 is 66.9 Å². The Labute approximate surface area is 372 Å². The summed E-state index contributed by atoms with van der Waals surface area (Å²) in [6.45, 7) is 0. The zero-order chi connectivity index (χ0) is 47.5. The molecule has 0 aliphatic carbocycles. The molecule has 8 rings (SSSR count). The minimum atomic E-state index is -5.05. The number of anilines is 2. The fraction of sp³-hybridized carbons (Fsp3) is 0. The molecule has 8 N–H and O–H groups in total. The molecule has 0 unspecified atom stereocenters. The van der Waals surface area contributed by atoms with Gasteiger partial charge in [0.1, 0.15) is 31.0 Å². The van der Waals surface area contributed by atoms with E-state index in [0.29, 0.717) is 0 Å². The molecular formula is C41H28N6O15S4. The molecule has 8 aromatic carbocycles. The van der Waals surface area contributed by atoms with Crippen LogP contribution < -0.4 is 10.6 Å². The smallest absolute Gasteiger partial charge is 0.323 e. The van der Waals surface area contributed by atoms with Gasteiger partial charge in [-0.25, -0.2) is 4.79 Å². The van der Waals surface area contributed by atoms with Gasteiger partial charge in [-0.2, -0.15) is 33.7 Å². The summed E-state index contributed by atoms with van der Waals surface area (Å²) in [4.78, 5) is 10.7. The number of amides is 2. The second-order valence-corrected chi connectivity index (χ2v) is 19.7. The Balaban J connectivity index is 1.11. The molecule has 0 atom stereocenters. The van der Waals surface area contributed by atoms with Crippen LogP contribution in [0, 0.1) is 0 Å². The zero-order valence-electron chi connectivity index (χ0n) is 32.8. The highest BCUT2D eigenvalue weighted by Crippen LogP contribution is 2.45. The number of carbonyl (C=O) groups is 1. The summed E-state index contributed by atoms with van der Waals surface area (Å²) in [7, 11) is -19.4. The van der Waals surface area contributed by atoms with E-state index in [2.05, 4.69) is 31.1 Å². The van der Waals surface area contributed by atoms with Crippen molar-refractivity contribution in [2.24, 2.45) is 20.5 Å². The summed E-state index contributed by atoms with van der Waals surface area (Å²) in [6, 6.07) is 25.1. The number of urea groups is 1. The maximum Gasteiger partial charge on any atom is 0.323 e. The number of hydrogen-bond donors (Lipinski definition) is 8. The molecule has 8 aromatic rings. The molecule has 0 aliphatic rings. The number of azo groups is 2. The second kappa shape index (κ2) is 16.5. The van der Waals surface area contributed by atoms with Gasteiger partial charge in [0.25, 0.3) is 40.5 Å². The van der Waals surface area contributed by atoms with Gasteiger partial charge in [-0.3, -0.25) is 18.2 Å². The fourth-order valence-electron chi connectivity index (χ4n) is 7.08. The zero-order valence-corrected chi connectivity index (χ0v) is 36.1. The molecular weight excluding hydrogens is 945 g/mol. The van der Waals surface area contributed by atoms with Crippen LogP contribution in [0.5, 0.6) is 11.5 Å². The van der Waals surface area contributed by atoms with Crippen molar-refractivity contribution in [3.63, 3.8) is 0 Å². The molecule has 0 aliphatic heterocycles. The van der Waals surface area contributed by atoms with Crippen LogP contribution in [0.2, 0.25) is 0 Å². The molecule has 336 valence electrons. The van der Waals surface area contributed by atoms with Crippen LogP contribution in [-0.2, 0) is 40.5 Å². The lowest BCUT2D eigenvalue weighted by molar-refractivity contribution is 0.262. The largest absolute Gasteiger partial charge is 0.505 e.